The van der Waals surface area contributed by atoms with Gasteiger partial charge in [0.1, 0.15) is 0 Å². The molecular weight excluding hydrogens is 378 g/mol. The van der Waals surface area contributed by atoms with Crippen molar-refractivity contribution in [2.24, 2.45) is 5.92 Å². The summed E-state index contributed by atoms with van der Waals surface area (Å²) in [6, 6.07) is 12.9. The van der Waals surface area contributed by atoms with Crippen LogP contribution in [-0.2, 0) is 11.3 Å². The van der Waals surface area contributed by atoms with E-state index in [0.29, 0.717) is 12.5 Å². The van der Waals surface area contributed by atoms with Crippen LogP contribution in [0, 0.1) is 5.92 Å². The van der Waals surface area contributed by atoms with E-state index in [9.17, 15) is 4.79 Å². The van der Waals surface area contributed by atoms with Crippen LogP contribution < -0.4 is 0 Å². The molecule has 1 aromatic heterocycles. The summed E-state index contributed by atoms with van der Waals surface area (Å²) in [5.74, 6) is 0.762. The molecule has 0 bridgehead atoms. The maximum atomic E-state index is 12.3. The number of amides is 1. The van der Waals surface area contributed by atoms with Gasteiger partial charge in [0.05, 0.1) is 9.88 Å². The number of rotatable bonds is 6. The van der Waals surface area contributed by atoms with E-state index in [-0.39, 0.29) is 11.8 Å². The number of carbonyl (C=O) groups is 1. The highest BCUT2D eigenvalue weighted by Gasteiger charge is 2.29. The summed E-state index contributed by atoms with van der Waals surface area (Å²) in [5, 5.41) is 3.69. The van der Waals surface area contributed by atoms with Crippen molar-refractivity contribution < 1.29 is 4.79 Å². The molecule has 1 saturated heterocycles. The molecule has 2 heterocycles. The van der Waals surface area contributed by atoms with E-state index in [1.807, 2.05) is 43.3 Å². The highest BCUT2D eigenvalue weighted by atomic mass is 32.1. The van der Waals surface area contributed by atoms with E-state index < -0.39 is 0 Å². The van der Waals surface area contributed by atoms with Crippen LogP contribution in [0.15, 0.2) is 42.6 Å². The average molecular weight is 408 g/mol. The lowest BCUT2D eigenvalue weighted by molar-refractivity contribution is -0.133. The number of likely N-dealkylation sites (N-methyl/N-ethyl adjacent to an activating group) is 1. The number of benzene rings is 2. The van der Waals surface area contributed by atoms with Crippen molar-refractivity contribution in [2.45, 2.75) is 33.2 Å². The summed E-state index contributed by atoms with van der Waals surface area (Å²) >= 11 is 1.82. The van der Waals surface area contributed by atoms with Gasteiger partial charge >= 0.3 is 0 Å². The molecule has 4 rings (SSSR count). The van der Waals surface area contributed by atoms with Gasteiger partial charge < -0.3 is 9.80 Å². The van der Waals surface area contributed by atoms with Gasteiger partial charge in [0.15, 0.2) is 0 Å². The zero-order chi connectivity index (χ0) is 20.5. The fourth-order valence-electron chi connectivity index (χ4n) is 4.07. The van der Waals surface area contributed by atoms with Gasteiger partial charge in [-0.15, -0.1) is 11.3 Å². The monoisotopic (exact) mass is 407 g/mol. The standard InChI is InChI=1S/C24H29N3OS/c1-5-27-14-18(15-27)23-25-12-22(29-23)21-11-10-17(13-26(4)24(28)16(2)3)19-8-6-7-9-20(19)21/h6-12,16,18H,5,13-15H2,1-4H3. The molecule has 29 heavy (non-hydrogen) atoms. The Bertz CT molecular complexity index is 1020. The van der Waals surface area contributed by atoms with E-state index >= 15 is 0 Å². The van der Waals surface area contributed by atoms with E-state index in [2.05, 4.69) is 48.2 Å². The highest BCUT2D eigenvalue weighted by Crippen LogP contribution is 2.38. The molecular formula is C24H29N3OS. The van der Waals surface area contributed by atoms with Crippen LogP contribution >= 0.6 is 11.3 Å². The topological polar surface area (TPSA) is 36.4 Å². The number of hydrogen-bond acceptors (Lipinski definition) is 4. The predicted molar refractivity (Wildman–Crippen MR) is 121 cm³/mol. The number of nitrogens with zero attached hydrogens (tertiary/aromatic N) is 3. The second-order valence-electron chi connectivity index (χ2n) is 8.28. The smallest absolute Gasteiger partial charge is 0.225 e. The van der Waals surface area contributed by atoms with Gasteiger partial charge in [-0.3, -0.25) is 4.79 Å². The second-order valence-corrected chi connectivity index (χ2v) is 9.34. The molecule has 152 valence electrons. The SMILES string of the molecule is CCN1CC(c2ncc(-c3ccc(CN(C)C(=O)C(C)C)c4ccccc34)s2)C1. The molecule has 1 amide bonds. The Morgan fingerprint density at radius 1 is 1.21 bits per heavy atom. The first-order valence-corrected chi connectivity index (χ1v) is 11.2. The molecule has 0 spiro atoms. The fourth-order valence-corrected chi connectivity index (χ4v) is 5.11. The van der Waals surface area contributed by atoms with Gasteiger partial charge in [0, 0.05) is 50.3 Å². The summed E-state index contributed by atoms with van der Waals surface area (Å²) in [5.41, 5.74) is 2.42. The van der Waals surface area contributed by atoms with E-state index in [4.69, 9.17) is 4.98 Å². The molecule has 2 aromatic carbocycles. The fraction of sp³-hybridized carbons (Fsp3) is 0.417. The van der Waals surface area contributed by atoms with Gasteiger partial charge in [-0.2, -0.15) is 0 Å². The zero-order valence-corrected chi connectivity index (χ0v) is 18.5. The predicted octanol–water partition coefficient (Wildman–Crippen LogP) is 5.00. The number of thiazole rings is 1. The van der Waals surface area contributed by atoms with Gasteiger partial charge in [0.2, 0.25) is 5.91 Å². The summed E-state index contributed by atoms with van der Waals surface area (Å²) in [4.78, 5) is 22.6. The Morgan fingerprint density at radius 3 is 2.62 bits per heavy atom. The molecule has 1 fully saturated rings. The molecule has 0 N–H and O–H groups in total. The Labute approximate surface area is 177 Å². The molecule has 0 atom stereocenters. The van der Waals surface area contributed by atoms with Crippen LogP contribution in [0.5, 0.6) is 0 Å². The van der Waals surface area contributed by atoms with Crippen molar-refractivity contribution in [1.82, 2.24) is 14.8 Å². The van der Waals surface area contributed by atoms with Crippen molar-refractivity contribution in [3.63, 3.8) is 0 Å². The van der Waals surface area contributed by atoms with Gasteiger partial charge in [-0.05, 0) is 22.9 Å². The van der Waals surface area contributed by atoms with Crippen LogP contribution in [0.3, 0.4) is 0 Å². The van der Waals surface area contributed by atoms with Crippen molar-refractivity contribution in [3.05, 3.63) is 53.2 Å². The van der Waals surface area contributed by atoms with E-state index in [1.165, 1.54) is 31.8 Å². The largest absolute Gasteiger partial charge is 0.341 e. The Balaban J connectivity index is 1.64. The van der Waals surface area contributed by atoms with Gasteiger partial charge in [0.25, 0.3) is 0 Å². The van der Waals surface area contributed by atoms with Gasteiger partial charge in [-0.25, -0.2) is 4.98 Å². The van der Waals surface area contributed by atoms with Crippen molar-refractivity contribution >= 4 is 28.0 Å². The minimum absolute atomic E-state index is 0.0105. The van der Waals surface area contributed by atoms with Crippen molar-refractivity contribution in [1.29, 1.82) is 0 Å². The molecule has 0 radical (unpaired) electrons. The lowest BCUT2D eigenvalue weighted by Crippen LogP contribution is -2.44. The third-order valence-electron chi connectivity index (χ3n) is 5.83. The molecule has 3 aromatic rings. The van der Waals surface area contributed by atoms with Crippen LogP contribution in [0.25, 0.3) is 21.2 Å². The summed E-state index contributed by atoms with van der Waals surface area (Å²) in [6.07, 6.45) is 2.03. The molecule has 0 saturated carbocycles. The minimum Gasteiger partial charge on any atom is -0.341 e. The van der Waals surface area contributed by atoms with Crippen LogP contribution in [-0.4, -0.2) is 47.4 Å². The van der Waals surface area contributed by atoms with Gasteiger partial charge in [-0.1, -0.05) is 57.2 Å². The Kier molecular flexibility index (Phi) is 5.70. The quantitative estimate of drug-likeness (QED) is 0.577. The van der Waals surface area contributed by atoms with E-state index in [1.54, 1.807) is 0 Å². The lowest BCUT2D eigenvalue weighted by Gasteiger charge is -2.37. The van der Waals surface area contributed by atoms with Crippen LogP contribution in [0.4, 0.5) is 0 Å². The van der Waals surface area contributed by atoms with Crippen LogP contribution in [0.1, 0.15) is 37.3 Å². The number of hydrogen-bond donors (Lipinski definition) is 0. The molecule has 0 unspecified atom stereocenters. The normalized spacial score (nSPS) is 15.1. The molecule has 0 aliphatic carbocycles. The number of aromatic nitrogens is 1. The first kappa shape index (κ1) is 20.0. The first-order chi connectivity index (χ1) is 14.0. The number of fused-ring (bicyclic) bond motifs is 1. The molecule has 4 nitrogen and oxygen atoms in total. The maximum Gasteiger partial charge on any atom is 0.225 e. The van der Waals surface area contributed by atoms with Crippen molar-refractivity contribution in [3.8, 4) is 10.4 Å². The van der Waals surface area contributed by atoms with Crippen LogP contribution in [0.2, 0.25) is 0 Å². The summed E-state index contributed by atoms with van der Waals surface area (Å²) in [7, 11) is 1.89. The third-order valence-corrected chi connectivity index (χ3v) is 7.03. The van der Waals surface area contributed by atoms with E-state index in [0.717, 1.165) is 19.6 Å². The lowest BCUT2D eigenvalue weighted by atomic mass is 9.98. The molecule has 5 heteroatoms. The number of likely N-dealkylation sites (tertiary alicyclic amines) is 1. The first-order valence-electron chi connectivity index (χ1n) is 10.4. The second kappa shape index (κ2) is 8.25. The Morgan fingerprint density at radius 2 is 1.93 bits per heavy atom. The summed E-state index contributed by atoms with van der Waals surface area (Å²) in [6.45, 7) is 10.1. The number of carbonyl (C=O) groups excluding carboxylic acids is 1. The van der Waals surface area contributed by atoms with Crippen molar-refractivity contribution in [2.75, 3.05) is 26.7 Å². The molecule has 1 aliphatic heterocycles. The maximum absolute atomic E-state index is 12.3. The Hall–Kier alpha value is -2.24. The minimum atomic E-state index is 0.0105. The third kappa shape index (κ3) is 3.94. The zero-order valence-electron chi connectivity index (χ0n) is 17.7. The average Bonchev–Trinajstić information content (AvgIpc) is 3.16. The summed E-state index contributed by atoms with van der Waals surface area (Å²) < 4.78 is 0. The highest BCUT2D eigenvalue weighted by molar-refractivity contribution is 7.15. The molecule has 1 aliphatic rings.